The van der Waals surface area contributed by atoms with Gasteiger partial charge in [-0.25, -0.2) is 9.59 Å². The highest BCUT2D eigenvalue weighted by molar-refractivity contribution is 5.82. The van der Waals surface area contributed by atoms with Gasteiger partial charge in [-0.2, -0.15) is 0 Å². The Kier molecular flexibility index (Phi) is 5.84. The molecule has 1 saturated heterocycles. The molecular weight excluding hydrogens is 254 g/mol. The van der Waals surface area contributed by atoms with Crippen molar-refractivity contribution in [3.05, 3.63) is 11.6 Å². The van der Waals surface area contributed by atoms with Crippen LogP contribution in [0.2, 0.25) is 0 Å². The van der Waals surface area contributed by atoms with Gasteiger partial charge < -0.3 is 19.5 Å². The number of nitrogens with zero attached hydrogens (tertiary/aromatic N) is 1. The van der Waals surface area contributed by atoms with Crippen molar-refractivity contribution in [2.24, 2.45) is 0 Å². The second-order valence-corrected chi connectivity index (χ2v) is 4.08. The van der Waals surface area contributed by atoms with Crippen LogP contribution < -0.4 is 0 Å². The average molecular weight is 271 g/mol. The van der Waals surface area contributed by atoms with E-state index in [9.17, 15) is 14.4 Å². The summed E-state index contributed by atoms with van der Waals surface area (Å²) in [5.41, 5.74) is 0.870. The third-order valence-corrected chi connectivity index (χ3v) is 2.63. The van der Waals surface area contributed by atoms with E-state index < -0.39 is 18.0 Å². The van der Waals surface area contributed by atoms with Gasteiger partial charge in [-0.15, -0.1) is 0 Å². The van der Waals surface area contributed by atoms with Crippen molar-refractivity contribution >= 4 is 18.0 Å². The lowest BCUT2D eigenvalue weighted by Gasteiger charge is -2.25. The van der Waals surface area contributed by atoms with E-state index in [0.717, 1.165) is 5.57 Å². The number of carbonyl (C=O) groups is 3. The zero-order chi connectivity index (χ0) is 14.3. The number of esters is 2. The monoisotopic (exact) mass is 271 g/mol. The molecule has 0 aliphatic carbocycles. The van der Waals surface area contributed by atoms with Crippen molar-refractivity contribution in [1.82, 2.24) is 4.90 Å². The standard InChI is InChI=1S/C12H17NO6/c1-9(14)18-6-7-19-11(15)8-10-2-4-13(5-3-10)12(16)17/h8H,2-7H2,1H3,(H,16,17). The van der Waals surface area contributed by atoms with Gasteiger partial charge in [-0.05, 0) is 12.8 Å². The van der Waals surface area contributed by atoms with E-state index in [0.29, 0.717) is 25.9 Å². The van der Waals surface area contributed by atoms with Gasteiger partial charge in [0.1, 0.15) is 13.2 Å². The van der Waals surface area contributed by atoms with Crippen molar-refractivity contribution in [2.75, 3.05) is 26.3 Å². The summed E-state index contributed by atoms with van der Waals surface area (Å²) < 4.78 is 9.46. The summed E-state index contributed by atoms with van der Waals surface area (Å²) in [5, 5.41) is 8.77. The highest BCUT2D eigenvalue weighted by Crippen LogP contribution is 2.16. The molecule has 19 heavy (non-hydrogen) atoms. The van der Waals surface area contributed by atoms with Crippen LogP contribution in [0.5, 0.6) is 0 Å². The van der Waals surface area contributed by atoms with Crippen LogP contribution in [0.15, 0.2) is 11.6 Å². The normalized spacial score (nSPS) is 14.8. The number of hydrogen-bond donors (Lipinski definition) is 1. The van der Waals surface area contributed by atoms with E-state index in [4.69, 9.17) is 9.84 Å². The minimum Gasteiger partial charge on any atom is -0.465 e. The fourth-order valence-electron chi connectivity index (χ4n) is 1.67. The molecule has 0 aromatic heterocycles. The van der Waals surface area contributed by atoms with Crippen LogP contribution in [0, 0.1) is 0 Å². The molecule has 1 rings (SSSR count). The molecule has 1 aliphatic heterocycles. The Hall–Kier alpha value is -2.05. The predicted molar refractivity (Wildman–Crippen MR) is 64.5 cm³/mol. The van der Waals surface area contributed by atoms with Crippen LogP contribution in [-0.2, 0) is 19.1 Å². The molecule has 0 radical (unpaired) electrons. The third-order valence-electron chi connectivity index (χ3n) is 2.63. The summed E-state index contributed by atoms with van der Waals surface area (Å²) in [5.74, 6) is -0.915. The van der Waals surface area contributed by atoms with E-state index in [1.165, 1.54) is 17.9 Å². The third kappa shape index (κ3) is 5.89. The van der Waals surface area contributed by atoms with Crippen LogP contribution in [0.25, 0.3) is 0 Å². The minimum atomic E-state index is -0.942. The number of rotatable bonds is 4. The highest BCUT2D eigenvalue weighted by atomic mass is 16.6. The molecule has 1 aliphatic rings. The first-order valence-corrected chi connectivity index (χ1v) is 5.96. The number of carbonyl (C=O) groups excluding carboxylic acids is 2. The quantitative estimate of drug-likeness (QED) is 0.461. The molecule has 0 unspecified atom stereocenters. The molecular formula is C12H17NO6. The number of ether oxygens (including phenoxy) is 2. The van der Waals surface area contributed by atoms with Crippen LogP contribution >= 0.6 is 0 Å². The van der Waals surface area contributed by atoms with Crippen molar-refractivity contribution in [2.45, 2.75) is 19.8 Å². The first-order chi connectivity index (χ1) is 8.99. The molecule has 1 amide bonds. The van der Waals surface area contributed by atoms with Gasteiger partial charge in [-0.3, -0.25) is 4.79 Å². The van der Waals surface area contributed by atoms with Crippen LogP contribution in [0.1, 0.15) is 19.8 Å². The van der Waals surface area contributed by atoms with E-state index in [2.05, 4.69) is 4.74 Å². The maximum Gasteiger partial charge on any atom is 0.407 e. The second-order valence-electron chi connectivity index (χ2n) is 4.08. The molecule has 7 nitrogen and oxygen atoms in total. The predicted octanol–water partition coefficient (Wildman–Crippen LogP) is 0.793. The molecule has 1 fully saturated rings. The Morgan fingerprint density at radius 3 is 2.32 bits per heavy atom. The van der Waals surface area contributed by atoms with Gasteiger partial charge in [0.15, 0.2) is 0 Å². The number of carboxylic acid groups (broad SMARTS) is 1. The van der Waals surface area contributed by atoms with Gasteiger partial charge >= 0.3 is 18.0 Å². The van der Waals surface area contributed by atoms with E-state index in [1.807, 2.05) is 0 Å². The zero-order valence-corrected chi connectivity index (χ0v) is 10.8. The van der Waals surface area contributed by atoms with Crippen molar-refractivity contribution in [3.8, 4) is 0 Å². The molecule has 0 atom stereocenters. The molecule has 0 saturated carbocycles. The van der Waals surface area contributed by atoms with E-state index in [-0.39, 0.29) is 13.2 Å². The lowest BCUT2D eigenvalue weighted by molar-refractivity contribution is -0.147. The van der Waals surface area contributed by atoms with E-state index in [1.54, 1.807) is 0 Å². The van der Waals surface area contributed by atoms with Gasteiger partial charge in [0.05, 0.1) is 0 Å². The molecule has 0 spiro atoms. The largest absolute Gasteiger partial charge is 0.465 e. The Morgan fingerprint density at radius 2 is 1.79 bits per heavy atom. The fraction of sp³-hybridized carbons (Fsp3) is 0.583. The summed E-state index contributed by atoms with van der Waals surface area (Å²) in [6.07, 6.45) is 1.51. The molecule has 0 bridgehead atoms. The van der Waals surface area contributed by atoms with Crippen molar-refractivity contribution in [3.63, 3.8) is 0 Å². The van der Waals surface area contributed by atoms with Crippen LogP contribution in [-0.4, -0.2) is 54.3 Å². The number of amides is 1. The molecule has 7 heteroatoms. The summed E-state index contributed by atoms with van der Waals surface area (Å²) >= 11 is 0. The van der Waals surface area contributed by atoms with E-state index >= 15 is 0 Å². The fourth-order valence-corrected chi connectivity index (χ4v) is 1.67. The Bertz CT molecular complexity index is 380. The maximum atomic E-state index is 11.4. The Balaban J connectivity index is 2.26. The SMILES string of the molecule is CC(=O)OCCOC(=O)C=C1CCN(C(=O)O)CC1. The first kappa shape index (κ1) is 15.0. The molecule has 106 valence electrons. The topological polar surface area (TPSA) is 93.1 Å². The Morgan fingerprint density at radius 1 is 1.21 bits per heavy atom. The van der Waals surface area contributed by atoms with Gasteiger partial charge in [0.2, 0.25) is 0 Å². The van der Waals surface area contributed by atoms with Crippen LogP contribution in [0.4, 0.5) is 4.79 Å². The van der Waals surface area contributed by atoms with Gasteiger partial charge in [0.25, 0.3) is 0 Å². The molecule has 0 aromatic rings. The van der Waals surface area contributed by atoms with Crippen molar-refractivity contribution < 1.29 is 29.0 Å². The average Bonchev–Trinajstić information content (AvgIpc) is 2.35. The number of hydrogen-bond acceptors (Lipinski definition) is 5. The first-order valence-electron chi connectivity index (χ1n) is 5.96. The zero-order valence-electron chi connectivity index (χ0n) is 10.8. The summed E-state index contributed by atoms with van der Waals surface area (Å²) in [6, 6.07) is 0. The lowest BCUT2D eigenvalue weighted by atomic mass is 10.0. The highest BCUT2D eigenvalue weighted by Gasteiger charge is 2.18. The summed E-state index contributed by atoms with van der Waals surface area (Å²) in [4.78, 5) is 33.9. The minimum absolute atomic E-state index is 0.0173. The Labute approximate surface area is 110 Å². The lowest BCUT2D eigenvalue weighted by Crippen LogP contribution is -2.35. The van der Waals surface area contributed by atoms with Crippen molar-refractivity contribution in [1.29, 1.82) is 0 Å². The summed E-state index contributed by atoms with van der Waals surface area (Å²) in [6.45, 7) is 2.12. The summed E-state index contributed by atoms with van der Waals surface area (Å²) in [7, 11) is 0. The molecule has 1 N–H and O–H groups in total. The van der Waals surface area contributed by atoms with Gasteiger partial charge in [-0.1, -0.05) is 5.57 Å². The van der Waals surface area contributed by atoms with Gasteiger partial charge in [0, 0.05) is 26.1 Å². The molecule has 0 aromatic carbocycles. The number of piperidine rings is 1. The van der Waals surface area contributed by atoms with Crippen LogP contribution in [0.3, 0.4) is 0 Å². The number of likely N-dealkylation sites (tertiary alicyclic amines) is 1. The molecule has 1 heterocycles. The smallest absolute Gasteiger partial charge is 0.407 e. The maximum absolute atomic E-state index is 11.4. The second kappa shape index (κ2) is 7.40.